The third kappa shape index (κ3) is 5.13. The van der Waals surface area contributed by atoms with Crippen molar-refractivity contribution in [1.82, 2.24) is 0 Å². The number of hydrogen-bond donors (Lipinski definition) is 1. The molecule has 0 spiro atoms. The molecule has 4 rings (SSSR count). The molecule has 0 unspecified atom stereocenters. The van der Waals surface area contributed by atoms with Gasteiger partial charge in [0.25, 0.3) is 0 Å². The van der Waals surface area contributed by atoms with E-state index in [1.807, 2.05) is 18.2 Å². The molecule has 0 atom stereocenters. The molecule has 34 heavy (non-hydrogen) atoms. The highest BCUT2D eigenvalue weighted by Gasteiger charge is 2.22. The van der Waals surface area contributed by atoms with Crippen molar-refractivity contribution in [2.75, 3.05) is 0 Å². The Hall–Kier alpha value is -2.84. The molecule has 0 heterocycles. The van der Waals surface area contributed by atoms with Crippen molar-refractivity contribution in [1.29, 1.82) is 0 Å². The van der Waals surface area contributed by atoms with E-state index in [-0.39, 0.29) is 0 Å². The molecule has 1 aliphatic carbocycles. The minimum Gasteiger partial charge on any atom is -0.478 e. The van der Waals surface area contributed by atoms with Crippen molar-refractivity contribution in [3.63, 3.8) is 0 Å². The van der Waals surface area contributed by atoms with Crippen LogP contribution in [0.2, 0.25) is 5.02 Å². The number of fused-ring (bicyclic) bond motifs is 1. The largest absolute Gasteiger partial charge is 0.478 e. The number of halogens is 1. The molecule has 3 aromatic carbocycles. The average molecular weight is 473 g/mol. The average Bonchev–Trinajstić information content (AvgIpc) is 3.02. The Morgan fingerprint density at radius 2 is 1.65 bits per heavy atom. The second-order valence-electron chi connectivity index (χ2n) is 9.45. The third-order valence-electron chi connectivity index (χ3n) is 7.17. The number of benzene rings is 3. The van der Waals surface area contributed by atoms with Gasteiger partial charge in [-0.05, 0) is 101 Å². The van der Waals surface area contributed by atoms with Crippen LogP contribution in [0, 0.1) is 12.8 Å². The molecule has 1 N–H and O–H groups in total. The number of carbonyl (C=O) groups is 1. The van der Waals surface area contributed by atoms with E-state index in [0.717, 1.165) is 58.5 Å². The predicted octanol–water partition coefficient (Wildman–Crippen LogP) is 8.62. The Morgan fingerprint density at radius 3 is 2.29 bits per heavy atom. The van der Waals surface area contributed by atoms with Crippen LogP contribution in [-0.2, 0) is 12.8 Å². The molecule has 176 valence electrons. The van der Waals surface area contributed by atoms with Gasteiger partial charge in [-0.3, -0.25) is 0 Å². The highest BCUT2D eigenvalue weighted by Crippen LogP contribution is 2.42. The number of aromatic carboxylic acids is 1. The molecule has 1 aliphatic rings. The molecule has 2 nitrogen and oxygen atoms in total. The van der Waals surface area contributed by atoms with Crippen molar-refractivity contribution >= 4 is 28.7 Å². The fourth-order valence-electron chi connectivity index (χ4n) is 5.10. The van der Waals surface area contributed by atoms with E-state index in [4.69, 9.17) is 11.6 Å². The van der Waals surface area contributed by atoms with Crippen molar-refractivity contribution in [2.24, 2.45) is 5.92 Å². The van der Waals surface area contributed by atoms with Crippen molar-refractivity contribution in [3.05, 3.63) is 105 Å². The Labute approximate surface area is 208 Å². The van der Waals surface area contributed by atoms with Gasteiger partial charge in [-0.15, -0.1) is 0 Å². The van der Waals surface area contributed by atoms with Crippen LogP contribution in [0.15, 0.2) is 60.7 Å². The second kappa shape index (κ2) is 10.6. The lowest BCUT2D eigenvalue weighted by molar-refractivity contribution is 0.0696. The lowest BCUT2D eigenvalue weighted by atomic mass is 9.86. The summed E-state index contributed by atoms with van der Waals surface area (Å²) in [5.41, 5.74) is 9.69. The number of carboxylic acid groups (broad SMARTS) is 1. The van der Waals surface area contributed by atoms with Crippen LogP contribution in [0.3, 0.4) is 0 Å². The van der Waals surface area contributed by atoms with Gasteiger partial charge in [-0.1, -0.05) is 80.8 Å². The summed E-state index contributed by atoms with van der Waals surface area (Å²) in [4.78, 5) is 11.6. The minimum absolute atomic E-state index is 0.343. The van der Waals surface area contributed by atoms with Crippen LogP contribution >= 0.6 is 11.6 Å². The Balaban J connectivity index is 1.89. The Morgan fingerprint density at radius 1 is 0.941 bits per heavy atom. The molecule has 0 amide bonds. The van der Waals surface area contributed by atoms with Crippen LogP contribution < -0.4 is 0 Å². The molecule has 0 aromatic heterocycles. The van der Waals surface area contributed by atoms with E-state index in [1.165, 1.54) is 29.6 Å². The molecule has 3 aromatic rings. The molecule has 0 saturated heterocycles. The minimum atomic E-state index is -0.884. The number of allylic oxidation sites excluding steroid dienone is 1. The number of hydrogen-bond acceptors (Lipinski definition) is 1. The maximum absolute atomic E-state index is 11.6. The summed E-state index contributed by atoms with van der Waals surface area (Å²) in [6, 6.07) is 20.8. The van der Waals surface area contributed by atoms with Gasteiger partial charge in [0, 0.05) is 5.02 Å². The van der Waals surface area contributed by atoms with Crippen LogP contribution in [-0.4, -0.2) is 11.1 Å². The normalized spacial score (nSPS) is 13.7. The maximum Gasteiger partial charge on any atom is 0.335 e. The summed E-state index contributed by atoms with van der Waals surface area (Å²) in [5.74, 6) is -0.176. The summed E-state index contributed by atoms with van der Waals surface area (Å²) >= 11 is 6.77. The lowest BCUT2D eigenvalue weighted by Gasteiger charge is -2.19. The van der Waals surface area contributed by atoms with Crippen molar-refractivity contribution in [3.8, 4) is 0 Å². The van der Waals surface area contributed by atoms with E-state index in [2.05, 4.69) is 57.2 Å². The first-order chi connectivity index (χ1) is 16.4. The zero-order valence-corrected chi connectivity index (χ0v) is 21.1. The predicted molar refractivity (Wildman–Crippen MR) is 143 cm³/mol. The lowest BCUT2D eigenvalue weighted by Crippen LogP contribution is -2.03. The quantitative estimate of drug-likeness (QED) is 0.373. The molecular formula is C31H33ClO2. The van der Waals surface area contributed by atoms with Crippen LogP contribution in [0.25, 0.3) is 11.1 Å². The summed E-state index contributed by atoms with van der Waals surface area (Å²) in [6.07, 6.45) is 6.18. The Kier molecular flexibility index (Phi) is 7.58. The van der Waals surface area contributed by atoms with Gasteiger partial charge in [0.05, 0.1) is 5.56 Å². The highest BCUT2D eigenvalue weighted by molar-refractivity contribution is 6.32. The first-order valence-corrected chi connectivity index (χ1v) is 12.7. The summed E-state index contributed by atoms with van der Waals surface area (Å²) in [7, 11) is 0. The highest BCUT2D eigenvalue weighted by atomic mass is 35.5. The van der Waals surface area contributed by atoms with Crippen LogP contribution in [0.1, 0.15) is 83.3 Å². The van der Waals surface area contributed by atoms with Gasteiger partial charge in [-0.25, -0.2) is 4.79 Å². The van der Waals surface area contributed by atoms with E-state index in [9.17, 15) is 9.90 Å². The van der Waals surface area contributed by atoms with Gasteiger partial charge >= 0.3 is 5.97 Å². The van der Waals surface area contributed by atoms with Crippen molar-refractivity contribution < 1.29 is 9.90 Å². The summed E-state index contributed by atoms with van der Waals surface area (Å²) < 4.78 is 0. The molecule has 0 fully saturated rings. The van der Waals surface area contributed by atoms with Gasteiger partial charge < -0.3 is 5.11 Å². The molecule has 0 bridgehead atoms. The number of aryl methyl sites for hydroxylation is 2. The van der Waals surface area contributed by atoms with Gasteiger partial charge in [-0.2, -0.15) is 0 Å². The van der Waals surface area contributed by atoms with Crippen molar-refractivity contribution in [2.45, 2.75) is 59.3 Å². The zero-order chi connectivity index (χ0) is 24.2. The standard InChI is InChI=1S/C31H33ClO2/c1-4-21(5-2)18-22-10-12-23(13-11-22)30-26-16-14-25(31(33)34)19-24(26)7-6-8-28(30)27-15-9-20(3)17-29(27)32/h9-17,19,21H,4-8,18H2,1-3H3,(H,33,34). The summed E-state index contributed by atoms with van der Waals surface area (Å²) in [6.45, 7) is 6.58. The van der Waals surface area contributed by atoms with Crippen LogP contribution in [0.4, 0.5) is 0 Å². The second-order valence-corrected chi connectivity index (χ2v) is 9.86. The number of rotatable bonds is 7. The molecule has 0 radical (unpaired) electrons. The topological polar surface area (TPSA) is 37.3 Å². The van der Waals surface area contributed by atoms with Gasteiger partial charge in [0.15, 0.2) is 0 Å². The fraction of sp³-hybridized carbons (Fsp3) is 0.323. The monoisotopic (exact) mass is 472 g/mol. The van der Waals surface area contributed by atoms with E-state index < -0.39 is 5.97 Å². The molecule has 0 aliphatic heterocycles. The molecule has 0 saturated carbocycles. The van der Waals surface area contributed by atoms with Crippen LogP contribution in [0.5, 0.6) is 0 Å². The zero-order valence-electron chi connectivity index (χ0n) is 20.3. The molecular weight excluding hydrogens is 440 g/mol. The van der Waals surface area contributed by atoms with Gasteiger partial charge in [0.2, 0.25) is 0 Å². The fourth-order valence-corrected chi connectivity index (χ4v) is 5.45. The maximum atomic E-state index is 11.6. The first-order valence-electron chi connectivity index (χ1n) is 12.4. The van der Waals surface area contributed by atoms with E-state index in [1.54, 1.807) is 6.07 Å². The number of carboxylic acids is 1. The van der Waals surface area contributed by atoms with E-state index >= 15 is 0 Å². The SMILES string of the molecule is CCC(CC)Cc1ccc(C2=C(c3ccc(C)cc3Cl)CCCc3cc(C(=O)O)ccc32)cc1. The van der Waals surface area contributed by atoms with Gasteiger partial charge in [0.1, 0.15) is 0 Å². The summed E-state index contributed by atoms with van der Waals surface area (Å²) in [5, 5.41) is 10.3. The smallest absolute Gasteiger partial charge is 0.335 e. The third-order valence-corrected chi connectivity index (χ3v) is 7.48. The molecule has 3 heteroatoms. The Bertz CT molecular complexity index is 1220. The van der Waals surface area contributed by atoms with E-state index in [0.29, 0.717) is 11.5 Å². The first kappa shape index (κ1) is 24.3.